The maximum absolute atomic E-state index is 13.1. The molecule has 0 aliphatic carbocycles. The Morgan fingerprint density at radius 2 is 1.86 bits per heavy atom. The van der Waals surface area contributed by atoms with Crippen LogP contribution in [0.1, 0.15) is 0 Å². The molecule has 3 aromatic rings. The Morgan fingerprint density at radius 1 is 1.10 bits per heavy atom. The highest BCUT2D eigenvalue weighted by Gasteiger charge is 2.13. The first-order valence-corrected chi connectivity index (χ1v) is 7.78. The van der Waals surface area contributed by atoms with Crippen LogP contribution in [0.15, 0.2) is 53.8 Å². The third kappa shape index (κ3) is 2.80. The number of aromatic nitrogens is 3. The summed E-state index contributed by atoms with van der Waals surface area (Å²) in [6.45, 7) is 0. The van der Waals surface area contributed by atoms with Crippen LogP contribution >= 0.6 is 23.4 Å². The van der Waals surface area contributed by atoms with Gasteiger partial charge in [-0.15, -0.1) is 11.8 Å². The minimum Gasteiger partial charge on any atom is -0.281 e. The maximum Gasteiger partial charge on any atom is 0.155 e. The molecule has 0 unspecified atom stereocenters. The van der Waals surface area contributed by atoms with Crippen LogP contribution in [0.4, 0.5) is 4.39 Å². The molecule has 0 spiro atoms. The van der Waals surface area contributed by atoms with E-state index < -0.39 is 0 Å². The third-order valence-electron chi connectivity index (χ3n) is 3.04. The zero-order chi connectivity index (χ0) is 14.8. The molecule has 0 atom stereocenters. The van der Waals surface area contributed by atoms with Crippen molar-refractivity contribution in [2.24, 2.45) is 0 Å². The van der Waals surface area contributed by atoms with Gasteiger partial charge in [-0.05, 0) is 42.7 Å². The van der Waals surface area contributed by atoms with Gasteiger partial charge in [0.05, 0.1) is 5.69 Å². The van der Waals surface area contributed by atoms with Crippen LogP contribution in [0.5, 0.6) is 0 Å². The molecule has 0 aliphatic heterocycles. The number of halogens is 2. The molecule has 0 radical (unpaired) electrons. The molecule has 2 aromatic heterocycles. The molecule has 0 amide bonds. The lowest BCUT2D eigenvalue weighted by Gasteiger charge is -2.08. The fourth-order valence-electron chi connectivity index (χ4n) is 2.00. The summed E-state index contributed by atoms with van der Waals surface area (Å²) in [5, 5.41) is 0.359. The summed E-state index contributed by atoms with van der Waals surface area (Å²) in [6.07, 6.45) is 5.40. The Kier molecular flexibility index (Phi) is 3.94. The highest BCUT2D eigenvalue weighted by molar-refractivity contribution is 7.98. The number of hydrogen-bond donors (Lipinski definition) is 0. The van der Waals surface area contributed by atoms with E-state index in [1.807, 2.05) is 18.4 Å². The summed E-state index contributed by atoms with van der Waals surface area (Å²) >= 11 is 7.80. The number of thioether (sulfide) groups is 1. The zero-order valence-electron chi connectivity index (χ0n) is 11.1. The van der Waals surface area contributed by atoms with Gasteiger partial charge in [0, 0.05) is 16.7 Å². The highest BCUT2D eigenvalue weighted by atomic mass is 35.5. The van der Waals surface area contributed by atoms with Crippen molar-refractivity contribution in [2.45, 2.75) is 4.90 Å². The average molecular weight is 320 g/mol. The fourth-order valence-corrected chi connectivity index (χ4v) is 2.61. The van der Waals surface area contributed by atoms with Gasteiger partial charge in [-0.1, -0.05) is 11.6 Å². The first kappa shape index (κ1) is 14.1. The normalized spacial score (nSPS) is 10.8. The number of imidazole rings is 1. The van der Waals surface area contributed by atoms with Crippen molar-refractivity contribution in [1.82, 2.24) is 14.5 Å². The summed E-state index contributed by atoms with van der Waals surface area (Å²) in [7, 11) is 0. The van der Waals surface area contributed by atoms with Crippen molar-refractivity contribution < 1.29 is 4.39 Å². The lowest BCUT2D eigenvalue weighted by atomic mass is 10.1. The standard InChI is InChI=1S/C15H11ClFN3S/c1-21-12-6-7-13(18-8-12)20-9-19-15(16)14(20)10-2-4-11(17)5-3-10/h2-9H,1H3. The lowest BCUT2D eigenvalue weighted by Crippen LogP contribution is -1.98. The maximum atomic E-state index is 13.1. The van der Waals surface area contributed by atoms with Crippen LogP contribution in [0.2, 0.25) is 5.15 Å². The molecule has 21 heavy (non-hydrogen) atoms. The molecule has 0 saturated heterocycles. The first-order chi connectivity index (χ1) is 10.2. The van der Waals surface area contributed by atoms with Gasteiger partial charge in [-0.2, -0.15) is 0 Å². The predicted octanol–water partition coefficient (Wildman–Crippen LogP) is 4.45. The predicted molar refractivity (Wildman–Crippen MR) is 83.5 cm³/mol. The molecule has 2 heterocycles. The van der Waals surface area contributed by atoms with Crippen molar-refractivity contribution in [2.75, 3.05) is 6.26 Å². The van der Waals surface area contributed by atoms with Gasteiger partial charge < -0.3 is 0 Å². The quantitative estimate of drug-likeness (QED) is 0.668. The summed E-state index contributed by atoms with van der Waals surface area (Å²) in [4.78, 5) is 9.61. The summed E-state index contributed by atoms with van der Waals surface area (Å²) in [5.74, 6) is 0.426. The van der Waals surface area contributed by atoms with Crippen molar-refractivity contribution in [3.8, 4) is 17.1 Å². The van der Waals surface area contributed by atoms with Crippen LogP contribution in [-0.4, -0.2) is 20.8 Å². The summed E-state index contributed by atoms with van der Waals surface area (Å²) in [5.41, 5.74) is 1.48. The third-order valence-corrected chi connectivity index (χ3v) is 4.03. The molecule has 3 rings (SSSR count). The van der Waals surface area contributed by atoms with E-state index in [1.54, 1.807) is 41.0 Å². The Bertz CT molecular complexity index is 754. The van der Waals surface area contributed by atoms with Gasteiger partial charge in [-0.25, -0.2) is 14.4 Å². The average Bonchev–Trinajstić information content (AvgIpc) is 2.90. The van der Waals surface area contributed by atoms with E-state index in [0.717, 1.165) is 10.5 Å². The molecule has 6 heteroatoms. The van der Waals surface area contributed by atoms with Gasteiger partial charge in [0.25, 0.3) is 0 Å². The van der Waals surface area contributed by atoms with Gasteiger partial charge >= 0.3 is 0 Å². The van der Waals surface area contributed by atoms with E-state index >= 15 is 0 Å². The first-order valence-electron chi connectivity index (χ1n) is 6.18. The number of rotatable bonds is 3. The largest absolute Gasteiger partial charge is 0.281 e. The molecule has 0 saturated carbocycles. The topological polar surface area (TPSA) is 30.7 Å². The minimum atomic E-state index is -0.289. The van der Waals surface area contributed by atoms with Crippen LogP contribution in [0.25, 0.3) is 17.1 Å². The van der Waals surface area contributed by atoms with Gasteiger partial charge in [-0.3, -0.25) is 4.57 Å². The molecule has 106 valence electrons. The number of hydrogen-bond acceptors (Lipinski definition) is 3. The van der Waals surface area contributed by atoms with Crippen LogP contribution in [0, 0.1) is 5.82 Å². The van der Waals surface area contributed by atoms with E-state index in [1.165, 1.54) is 12.1 Å². The molecule has 3 nitrogen and oxygen atoms in total. The van der Waals surface area contributed by atoms with Crippen molar-refractivity contribution >= 4 is 23.4 Å². The van der Waals surface area contributed by atoms with Crippen LogP contribution < -0.4 is 0 Å². The fraction of sp³-hybridized carbons (Fsp3) is 0.0667. The molecule has 1 aromatic carbocycles. The minimum absolute atomic E-state index is 0.289. The van der Waals surface area contributed by atoms with E-state index in [0.29, 0.717) is 16.7 Å². The molecule has 0 N–H and O–H groups in total. The summed E-state index contributed by atoms with van der Waals surface area (Å²) in [6, 6.07) is 10.0. The Labute approximate surface area is 130 Å². The molecule has 0 aliphatic rings. The monoisotopic (exact) mass is 319 g/mol. The smallest absolute Gasteiger partial charge is 0.155 e. The van der Waals surface area contributed by atoms with Crippen molar-refractivity contribution in [3.05, 3.63) is 59.9 Å². The zero-order valence-corrected chi connectivity index (χ0v) is 12.7. The number of pyridine rings is 1. The van der Waals surface area contributed by atoms with Gasteiger partial charge in [0.15, 0.2) is 5.15 Å². The van der Waals surface area contributed by atoms with Crippen molar-refractivity contribution in [3.63, 3.8) is 0 Å². The van der Waals surface area contributed by atoms with Crippen LogP contribution in [0.3, 0.4) is 0 Å². The molecular weight excluding hydrogens is 309 g/mol. The van der Waals surface area contributed by atoms with E-state index in [9.17, 15) is 4.39 Å². The molecule has 0 fully saturated rings. The Hall–Kier alpha value is -1.85. The van der Waals surface area contributed by atoms with Gasteiger partial charge in [0.2, 0.25) is 0 Å². The summed E-state index contributed by atoms with van der Waals surface area (Å²) < 4.78 is 14.9. The molecular formula is C15H11ClFN3S. The van der Waals surface area contributed by atoms with E-state index in [4.69, 9.17) is 11.6 Å². The van der Waals surface area contributed by atoms with Crippen LogP contribution in [-0.2, 0) is 0 Å². The Balaban J connectivity index is 2.09. The number of benzene rings is 1. The lowest BCUT2D eigenvalue weighted by molar-refractivity contribution is 0.628. The van der Waals surface area contributed by atoms with E-state index in [-0.39, 0.29) is 5.82 Å². The highest BCUT2D eigenvalue weighted by Crippen LogP contribution is 2.29. The second kappa shape index (κ2) is 5.87. The SMILES string of the molecule is CSc1ccc(-n2cnc(Cl)c2-c2ccc(F)cc2)nc1. The second-order valence-electron chi connectivity index (χ2n) is 4.32. The Morgan fingerprint density at radius 3 is 2.48 bits per heavy atom. The molecule has 0 bridgehead atoms. The number of nitrogens with zero attached hydrogens (tertiary/aromatic N) is 3. The van der Waals surface area contributed by atoms with Gasteiger partial charge in [0.1, 0.15) is 18.0 Å². The van der Waals surface area contributed by atoms with E-state index in [2.05, 4.69) is 9.97 Å². The second-order valence-corrected chi connectivity index (χ2v) is 5.55. The van der Waals surface area contributed by atoms with Crippen molar-refractivity contribution in [1.29, 1.82) is 0 Å².